The lowest BCUT2D eigenvalue weighted by atomic mass is 9.89. The van der Waals surface area contributed by atoms with E-state index in [0.29, 0.717) is 34.9 Å². The van der Waals surface area contributed by atoms with Crippen LogP contribution in [0.15, 0.2) is 47.5 Å². The van der Waals surface area contributed by atoms with Crippen molar-refractivity contribution in [2.75, 3.05) is 11.9 Å². The molecule has 8 nitrogen and oxygen atoms in total. The summed E-state index contributed by atoms with van der Waals surface area (Å²) in [5.74, 6) is 0.565. The number of benzene rings is 1. The van der Waals surface area contributed by atoms with Gasteiger partial charge in [-0.15, -0.1) is 0 Å². The van der Waals surface area contributed by atoms with Crippen LogP contribution in [0.1, 0.15) is 32.1 Å². The Morgan fingerprint density at radius 3 is 2.91 bits per heavy atom. The molecule has 3 aromatic heterocycles. The van der Waals surface area contributed by atoms with Gasteiger partial charge in [-0.3, -0.25) is 4.79 Å². The van der Waals surface area contributed by atoms with E-state index in [9.17, 15) is 9.59 Å². The zero-order valence-electron chi connectivity index (χ0n) is 18.0. The summed E-state index contributed by atoms with van der Waals surface area (Å²) in [5.41, 5.74) is 3.42. The minimum atomic E-state index is -0.264. The van der Waals surface area contributed by atoms with Gasteiger partial charge in [0, 0.05) is 42.6 Å². The van der Waals surface area contributed by atoms with Gasteiger partial charge < -0.3 is 20.2 Å². The third kappa shape index (κ3) is 3.95. The first-order chi connectivity index (χ1) is 15.6. The van der Waals surface area contributed by atoms with Crippen LogP contribution >= 0.6 is 0 Å². The summed E-state index contributed by atoms with van der Waals surface area (Å²) in [7, 11) is 1.89. The molecule has 1 aliphatic carbocycles. The molecule has 0 atom stereocenters. The summed E-state index contributed by atoms with van der Waals surface area (Å²) in [5, 5.41) is 6.73. The maximum absolute atomic E-state index is 12.8. The first kappa shape index (κ1) is 20.2. The van der Waals surface area contributed by atoms with Gasteiger partial charge in [0.2, 0.25) is 0 Å². The molecule has 32 heavy (non-hydrogen) atoms. The first-order valence-electron chi connectivity index (χ1n) is 11.1. The monoisotopic (exact) mass is 430 g/mol. The molecular weight excluding hydrogens is 404 g/mol. The number of pyridine rings is 1. The molecule has 3 heterocycles. The van der Waals surface area contributed by atoms with E-state index in [4.69, 9.17) is 0 Å². The lowest BCUT2D eigenvalue weighted by Gasteiger charge is -2.21. The van der Waals surface area contributed by atoms with Crippen LogP contribution in [0.25, 0.3) is 33.3 Å². The van der Waals surface area contributed by atoms with Gasteiger partial charge in [0.25, 0.3) is 5.56 Å². The number of carbonyl (C=O) groups is 1. The Morgan fingerprint density at radius 1 is 1.22 bits per heavy atom. The highest BCUT2D eigenvalue weighted by atomic mass is 16.2. The molecule has 0 unspecified atom stereocenters. The van der Waals surface area contributed by atoms with Gasteiger partial charge >= 0.3 is 6.03 Å². The normalized spacial score (nSPS) is 14.7. The van der Waals surface area contributed by atoms with Crippen LogP contribution in [0.2, 0.25) is 0 Å². The van der Waals surface area contributed by atoms with Gasteiger partial charge in [-0.2, -0.15) is 0 Å². The van der Waals surface area contributed by atoms with E-state index in [0.717, 1.165) is 16.6 Å². The molecule has 164 valence electrons. The second-order valence-corrected chi connectivity index (χ2v) is 8.51. The molecular formula is C24H26N6O2. The van der Waals surface area contributed by atoms with Crippen LogP contribution in [0.3, 0.4) is 0 Å². The first-order valence-corrected chi connectivity index (χ1v) is 11.1. The maximum atomic E-state index is 12.8. The van der Waals surface area contributed by atoms with E-state index in [1.165, 1.54) is 32.1 Å². The molecule has 8 heteroatoms. The SMILES string of the molecule is Cn1cc(-c2nc3cc(NC(=O)NCC4CCCCC4)ccc3[nH]c2=O)c2cccnc21. The number of amides is 2. The van der Waals surface area contributed by atoms with Crippen LogP contribution < -0.4 is 16.2 Å². The number of hydrogen-bond donors (Lipinski definition) is 3. The predicted molar refractivity (Wildman–Crippen MR) is 126 cm³/mol. The highest BCUT2D eigenvalue weighted by Gasteiger charge is 2.16. The van der Waals surface area contributed by atoms with Gasteiger partial charge in [-0.1, -0.05) is 19.3 Å². The van der Waals surface area contributed by atoms with Crippen LogP contribution in [-0.2, 0) is 7.05 Å². The predicted octanol–water partition coefficient (Wildman–Crippen LogP) is 4.18. The molecule has 3 N–H and O–H groups in total. The minimum Gasteiger partial charge on any atom is -0.338 e. The number of rotatable bonds is 4. The standard InChI is InChI=1S/C24H26N6O2/c1-30-14-18(17-8-5-11-25-22(17)30)21-23(31)29-19-10-9-16(12-20(19)28-21)27-24(32)26-13-15-6-3-2-4-7-15/h5,8-12,14-15H,2-4,6-7,13H2,1H3,(H,29,31)(H2,26,27,32). The van der Waals surface area contributed by atoms with Crippen molar-refractivity contribution in [1.82, 2.24) is 24.8 Å². The molecule has 1 aliphatic rings. The maximum Gasteiger partial charge on any atom is 0.319 e. The van der Waals surface area contributed by atoms with Crippen molar-refractivity contribution in [3.8, 4) is 11.3 Å². The minimum absolute atomic E-state index is 0.223. The molecule has 0 radical (unpaired) electrons. The second-order valence-electron chi connectivity index (χ2n) is 8.51. The van der Waals surface area contributed by atoms with E-state index in [-0.39, 0.29) is 11.6 Å². The summed E-state index contributed by atoms with van der Waals surface area (Å²) in [6.07, 6.45) is 9.74. The van der Waals surface area contributed by atoms with E-state index < -0.39 is 0 Å². The Morgan fingerprint density at radius 2 is 2.06 bits per heavy atom. The van der Waals surface area contributed by atoms with Crippen molar-refractivity contribution in [1.29, 1.82) is 0 Å². The Labute approximate surface area is 185 Å². The van der Waals surface area contributed by atoms with Crippen molar-refractivity contribution in [3.05, 3.63) is 53.1 Å². The Bertz CT molecular complexity index is 1350. The van der Waals surface area contributed by atoms with E-state index in [2.05, 4.69) is 25.6 Å². The summed E-state index contributed by atoms with van der Waals surface area (Å²) < 4.78 is 1.88. The fraction of sp³-hybridized carbons (Fsp3) is 0.333. The molecule has 2 amide bonds. The quantitative estimate of drug-likeness (QED) is 0.452. The zero-order chi connectivity index (χ0) is 22.1. The Hall–Kier alpha value is -3.68. The Balaban J connectivity index is 1.40. The molecule has 1 aromatic carbocycles. The number of aryl methyl sites for hydroxylation is 1. The number of aromatic amines is 1. The van der Waals surface area contributed by atoms with Crippen LogP contribution in [0.5, 0.6) is 0 Å². The number of nitrogens with one attached hydrogen (secondary N) is 3. The molecule has 4 aromatic rings. The molecule has 0 spiro atoms. The summed E-state index contributed by atoms with van der Waals surface area (Å²) in [6.45, 7) is 0.699. The van der Waals surface area contributed by atoms with Gasteiger partial charge in [-0.05, 0) is 49.1 Å². The number of H-pyrrole nitrogens is 1. The second kappa shape index (κ2) is 8.45. The third-order valence-corrected chi connectivity index (χ3v) is 6.22. The number of aromatic nitrogens is 4. The molecule has 5 rings (SSSR count). The smallest absolute Gasteiger partial charge is 0.319 e. The average molecular weight is 431 g/mol. The Kier molecular flexibility index (Phi) is 5.34. The van der Waals surface area contributed by atoms with Crippen molar-refractivity contribution >= 4 is 33.8 Å². The number of fused-ring (bicyclic) bond motifs is 2. The molecule has 0 aliphatic heterocycles. The summed E-state index contributed by atoms with van der Waals surface area (Å²) >= 11 is 0. The average Bonchev–Trinajstić information content (AvgIpc) is 3.15. The fourth-order valence-corrected chi connectivity index (χ4v) is 4.55. The fourth-order valence-electron chi connectivity index (χ4n) is 4.55. The van der Waals surface area contributed by atoms with Crippen molar-refractivity contribution in [2.45, 2.75) is 32.1 Å². The van der Waals surface area contributed by atoms with Crippen molar-refractivity contribution in [3.63, 3.8) is 0 Å². The summed E-state index contributed by atoms with van der Waals surface area (Å²) in [6, 6.07) is 8.85. The lowest BCUT2D eigenvalue weighted by molar-refractivity contribution is 0.247. The van der Waals surface area contributed by atoms with E-state index >= 15 is 0 Å². The molecule has 1 saturated carbocycles. The van der Waals surface area contributed by atoms with Gasteiger partial charge in [-0.25, -0.2) is 14.8 Å². The number of hydrogen-bond acceptors (Lipinski definition) is 4. The summed E-state index contributed by atoms with van der Waals surface area (Å²) in [4.78, 5) is 37.1. The topological polar surface area (TPSA) is 105 Å². The van der Waals surface area contributed by atoms with E-state index in [1.54, 1.807) is 24.4 Å². The highest BCUT2D eigenvalue weighted by Crippen LogP contribution is 2.27. The number of carbonyl (C=O) groups excluding carboxylic acids is 1. The number of nitrogens with zero attached hydrogens (tertiary/aromatic N) is 3. The van der Waals surface area contributed by atoms with Crippen molar-refractivity contribution < 1.29 is 4.79 Å². The lowest BCUT2D eigenvalue weighted by Crippen LogP contribution is -2.33. The molecule has 1 fully saturated rings. The number of anilines is 1. The van der Waals surface area contributed by atoms with Gasteiger partial charge in [0.05, 0.1) is 11.0 Å². The highest BCUT2D eigenvalue weighted by molar-refractivity contribution is 5.95. The number of urea groups is 1. The van der Waals surface area contributed by atoms with E-state index in [1.807, 2.05) is 29.9 Å². The van der Waals surface area contributed by atoms with Gasteiger partial charge in [0.1, 0.15) is 11.3 Å². The van der Waals surface area contributed by atoms with Crippen molar-refractivity contribution in [2.24, 2.45) is 13.0 Å². The van der Waals surface area contributed by atoms with Crippen LogP contribution in [0.4, 0.5) is 10.5 Å². The van der Waals surface area contributed by atoms with Gasteiger partial charge in [0.15, 0.2) is 0 Å². The molecule has 0 bridgehead atoms. The van der Waals surface area contributed by atoms with Crippen LogP contribution in [-0.4, -0.2) is 32.1 Å². The van der Waals surface area contributed by atoms with Crippen LogP contribution in [0, 0.1) is 5.92 Å². The molecule has 0 saturated heterocycles. The third-order valence-electron chi connectivity index (χ3n) is 6.22. The largest absolute Gasteiger partial charge is 0.338 e. The zero-order valence-corrected chi connectivity index (χ0v) is 18.0.